The van der Waals surface area contributed by atoms with E-state index in [0.29, 0.717) is 11.3 Å². The Labute approximate surface area is 168 Å². The van der Waals surface area contributed by atoms with E-state index in [-0.39, 0.29) is 34.9 Å². The summed E-state index contributed by atoms with van der Waals surface area (Å²) in [5.41, 5.74) is 1.38. The molecule has 0 aliphatic rings. The first-order chi connectivity index (χ1) is 13.9. The third-order valence-corrected chi connectivity index (χ3v) is 4.58. The Morgan fingerprint density at radius 3 is 2.66 bits per heavy atom. The Bertz CT molecular complexity index is 1240. The van der Waals surface area contributed by atoms with Crippen LogP contribution in [0.4, 0.5) is 13.2 Å². The van der Waals surface area contributed by atoms with Crippen molar-refractivity contribution in [1.82, 2.24) is 24.3 Å². The maximum atomic E-state index is 14.3. The molecular weight excluding hydrogens is 407 g/mol. The first-order valence-corrected chi connectivity index (χ1v) is 8.79. The Balaban J connectivity index is 1.86. The van der Waals surface area contributed by atoms with Crippen LogP contribution < -0.4 is 4.74 Å². The van der Waals surface area contributed by atoms with Crippen molar-refractivity contribution < 1.29 is 17.9 Å². The van der Waals surface area contributed by atoms with E-state index in [4.69, 9.17) is 16.3 Å². The highest BCUT2D eigenvalue weighted by molar-refractivity contribution is 6.29. The number of fused-ring (bicyclic) bond motifs is 1. The molecule has 0 unspecified atom stereocenters. The van der Waals surface area contributed by atoms with Gasteiger partial charge in [-0.2, -0.15) is 9.37 Å². The first kappa shape index (κ1) is 19.1. The molecule has 3 heterocycles. The molecule has 0 fully saturated rings. The van der Waals surface area contributed by atoms with Gasteiger partial charge in [-0.15, -0.1) is 0 Å². The van der Waals surface area contributed by atoms with E-state index in [0.717, 1.165) is 12.1 Å². The summed E-state index contributed by atoms with van der Waals surface area (Å²) in [6.07, 6.45) is 4.73. The molecule has 4 rings (SSSR count). The second-order valence-electron chi connectivity index (χ2n) is 6.26. The third-order valence-electron chi connectivity index (χ3n) is 4.33. The minimum atomic E-state index is -0.890. The standard InChI is InChI=1S/C19H13ClF3N5O/c1-9-5-12(22)10(6-11(9)21)7-13-18-24-3-4-28(18)8-14(25-13)17-26-16(20)15(23)19(27-17)29-2/h3-6,8H,7H2,1-2H3. The van der Waals surface area contributed by atoms with Crippen LogP contribution in [0.15, 0.2) is 30.7 Å². The van der Waals surface area contributed by atoms with E-state index >= 15 is 0 Å². The number of hydrogen-bond donors (Lipinski definition) is 0. The first-order valence-electron chi connectivity index (χ1n) is 8.42. The number of aromatic nitrogens is 5. The van der Waals surface area contributed by atoms with Crippen LogP contribution in [0, 0.1) is 24.4 Å². The van der Waals surface area contributed by atoms with Crippen molar-refractivity contribution in [2.75, 3.05) is 7.11 Å². The Morgan fingerprint density at radius 1 is 1.10 bits per heavy atom. The summed E-state index contributed by atoms with van der Waals surface area (Å²) in [4.78, 5) is 16.5. The predicted molar refractivity (Wildman–Crippen MR) is 99.4 cm³/mol. The van der Waals surface area contributed by atoms with Crippen LogP contribution in [-0.2, 0) is 6.42 Å². The van der Waals surface area contributed by atoms with Crippen LogP contribution in [0.3, 0.4) is 0 Å². The van der Waals surface area contributed by atoms with Crippen LogP contribution in [-0.4, -0.2) is 31.4 Å². The summed E-state index contributed by atoms with van der Waals surface area (Å²) in [7, 11) is 1.25. The number of methoxy groups -OCH3 is 1. The van der Waals surface area contributed by atoms with Crippen LogP contribution in [0.2, 0.25) is 5.15 Å². The second-order valence-corrected chi connectivity index (χ2v) is 6.62. The van der Waals surface area contributed by atoms with E-state index in [1.807, 2.05) is 0 Å². The number of nitrogens with zero attached hydrogens (tertiary/aromatic N) is 5. The van der Waals surface area contributed by atoms with Crippen LogP contribution in [0.1, 0.15) is 16.8 Å². The van der Waals surface area contributed by atoms with Gasteiger partial charge in [-0.05, 0) is 30.2 Å². The van der Waals surface area contributed by atoms with Crippen molar-refractivity contribution in [3.05, 3.63) is 70.1 Å². The topological polar surface area (TPSA) is 65.2 Å². The van der Waals surface area contributed by atoms with Crippen LogP contribution >= 0.6 is 11.6 Å². The maximum Gasteiger partial charge on any atom is 0.255 e. The van der Waals surface area contributed by atoms with Gasteiger partial charge >= 0.3 is 0 Å². The molecule has 1 aromatic carbocycles. The molecule has 4 aromatic rings. The van der Waals surface area contributed by atoms with Gasteiger partial charge in [0.1, 0.15) is 17.3 Å². The molecule has 0 saturated carbocycles. The molecule has 29 heavy (non-hydrogen) atoms. The van der Waals surface area contributed by atoms with Gasteiger partial charge < -0.3 is 9.14 Å². The van der Waals surface area contributed by atoms with Gasteiger partial charge in [0.15, 0.2) is 16.6 Å². The zero-order valence-corrected chi connectivity index (χ0v) is 16.0. The molecule has 6 nitrogen and oxygen atoms in total. The lowest BCUT2D eigenvalue weighted by molar-refractivity contribution is 0.368. The van der Waals surface area contributed by atoms with Gasteiger partial charge in [-0.25, -0.2) is 23.7 Å². The van der Waals surface area contributed by atoms with Crippen LogP contribution in [0.5, 0.6) is 5.88 Å². The van der Waals surface area contributed by atoms with E-state index in [2.05, 4.69) is 19.9 Å². The number of hydrogen-bond acceptors (Lipinski definition) is 5. The Morgan fingerprint density at radius 2 is 1.90 bits per heavy atom. The zero-order chi connectivity index (χ0) is 20.7. The van der Waals surface area contributed by atoms with E-state index < -0.39 is 22.6 Å². The largest absolute Gasteiger partial charge is 0.479 e. The molecule has 10 heteroatoms. The molecule has 148 valence electrons. The van der Waals surface area contributed by atoms with Crippen LogP contribution in [0.25, 0.3) is 17.2 Å². The summed E-state index contributed by atoms with van der Waals surface area (Å²) in [5.74, 6) is -2.28. The quantitative estimate of drug-likeness (QED) is 0.465. The number of rotatable bonds is 4. The minimum Gasteiger partial charge on any atom is -0.479 e. The fourth-order valence-electron chi connectivity index (χ4n) is 2.88. The van der Waals surface area contributed by atoms with Gasteiger partial charge in [-0.3, -0.25) is 0 Å². The summed E-state index contributed by atoms with van der Waals surface area (Å²) in [5, 5.41) is -0.424. The van der Waals surface area contributed by atoms with E-state index in [1.165, 1.54) is 20.2 Å². The summed E-state index contributed by atoms with van der Waals surface area (Å²) >= 11 is 5.82. The van der Waals surface area contributed by atoms with Crippen molar-refractivity contribution in [1.29, 1.82) is 0 Å². The summed E-state index contributed by atoms with van der Waals surface area (Å²) in [6, 6.07) is 2.26. The molecule has 0 aliphatic carbocycles. The maximum absolute atomic E-state index is 14.3. The fourth-order valence-corrected chi connectivity index (χ4v) is 3.04. The van der Waals surface area contributed by atoms with Crippen molar-refractivity contribution >= 4 is 17.2 Å². The van der Waals surface area contributed by atoms with Gasteiger partial charge in [-0.1, -0.05) is 11.6 Å². The van der Waals surface area contributed by atoms with Gasteiger partial charge in [0, 0.05) is 25.0 Å². The van der Waals surface area contributed by atoms with Crippen molar-refractivity contribution in [2.24, 2.45) is 0 Å². The lowest BCUT2D eigenvalue weighted by Gasteiger charge is -2.10. The molecular formula is C19H13ClF3N5O. The average molecular weight is 420 g/mol. The summed E-state index contributed by atoms with van der Waals surface area (Å²) in [6.45, 7) is 1.48. The number of benzene rings is 1. The second kappa shape index (κ2) is 7.32. The van der Waals surface area contributed by atoms with Gasteiger partial charge in [0.25, 0.3) is 5.88 Å². The Hall–Kier alpha value is -3.20. The Kier molecular flexibility index (Phi) is 4.83. The van der Waals surface area contributed by atoms with Crippen molar-refractivity contribution in [3.8, 4) is 17.4 Å². The van der Waals surface area contributed by atoms with Crippen molar-refractivity contribution in [2.45, 2.75) is 13.3 Å². The molecule has 0 spiro atoms. The lowest BCUT2D eigenvalue weighted by Crippen LogP contribution is -2.05. The fraction of sp³-hybridized carbons (Fsp3) is 0.158. The highest BCUT2D eigenvalue weighted by Crippen LogP contribution is 2.26. The van der Waals surface area contributed by atoms with Gasteiger partial charge in [0.05, 0.1) is 12.8 Å². The number of halogens is 4. The number of imidazole rings is 1. The minimum absolute atomic E-state index is 0.0145. The van der Waals surface area contributed by atoms with E-state index in [1.54, 1.807) is 16.8 Å². The van der Waals surface area contributed by atoms with E-state index in [9.17, 15) is 13.2 Å². The molecule has 0 radical (unpaired) electrons. The SMILES string of the molecule is COc1nc(-c2cn3ccnc3c(Cc3cc(F)c(C)cc3F)n2)nc(Cl)c1F. The monoisotopic (exact) mass is 419 g/mol. The number of aryl methyl sites for hydroxylation is 1. The third kappa shape index (κ3) is 3.49. The normalized spacial score (nSPS) is 11.2. The smallest absolute Gasteiger partial charge is 0.255 e. The van der Waals surface area contributed by atoms with Gasteiger partial charge in [0.2, 0.25) is 5.82 Å². The molecule has 3 aromatic heterocycles. The number of ether oxygens (including phenoxy) is 1. The molecule has 0 aliphatic heterocycles. The molecule has 0 atom stereocenters. The molecule has 0 bridgehead atoms. The van der Waals surface area contributed by atoms with Crippen molar-refractivity contribution in [3.63, 3.8) is 0 Å². The lowest BCUT2D eigenvalue weighted by atomic mass is 10.1. The molecule has 0 N–H and O–H groups in total. The summed E-state index contributed by atoms with van der Waals surface area (Å²) < 4.78 is 48.7. The predicted octanol–water partition coefficient (Wildman–Crippen LogP) is 4.16. The molecule has 0 saturated heterocycles. The average Bonchev–Trinajstić information content (AvgIpc) is 3.17. The highest BCUT2D eigenvalue weighted by Gasteiger charge is 2.18. The molecule has 0 amide bonds. The zero-order valence-electron chi connectivity index (χ0n) is 15.3. The highest BCUT2D eigenvalue weighted by atomic mass is 35.5.